The third-order valence-corrected chi connectivity index (χ3v) is 4.54. The molecule has 0 spiro atoms. The van der Waals surface area contributed by atoms with E-state index in [2.05, 4.69) is 4.72 Å². The van der Waals surface area contributed by atoms with E-state index in [4.69, 9.17) is 9.84 Å². The molecule has 0 aliphatic heterocycles. The minimum atomic E-state index is -3.89. The van der Waals surface area contributed by atoms with E-state index in [0.717, 1.165) is 18.1 Å². The van der Waals surface area contributed by atoms with Crippen molar-refractivity contribution in [2.75, 3.05) is 6.61 Å². The van der Waals surface area contributed by atoms with Crippen molar-refractivity contribution >= 4 is 16.0 Å². The predicted molar refractivity (Wildman–Crippen MR) is 74.6 cm³/mol. The SMILES string of the molecule is CCOCc1ccccc1CNS(=O)(=O)C(C)C(=O)O. The molecule has 20 heavy (non-hydrogen) atoms. The topological polar surface area (TPSA) is 92.7 Å². The van der Waals surface area contributed by atoms with Gasteiger partial charge >= 0.3 is 5.97 Å². The smallest absolute Gasteiger partial charge is 0.323 e. The Balaban J connectivity index is 2.77. The normalized spacial score (nSPS) is 13.1. The zero-order valence-corrected chi connectivity index (χ0v) is 12.3. The van der Waals surface area contributed by atoms with Crippen LogP contribution in [0.3, 0.4) is 0 Å². The molecule has 0 saturated heterocycles. The van der Waals surface area contributed by atoms with Crippen LogP contribution in [0.4, 0.5) is 0 Å². The zero-order chi connectivity index (χ0) is 15.2. The summed E-state index contributed by atoms with van der Waals surface area (Å²) in [5.41, 5.74) is 1.64. The summed E-state index contributed by atoms with van der Waals surface area (Å²) >= 11 is 0. The first-order chi connectivity index (χ1) is 9.38. The zero-order valence-electron chi connectivity index (χ0n) is 11.5. The van der Waals surface area contributed by atoms with E-state index in [1.807, 2.05) is 19.1 Å². The summed E-state index contributed by atoms with van der Waals surface area (Å²) in [4.78, 5) is 10.7. The van der Waals surface area contributed by atoms with Crippen molar-refractivity contribution in [2.45, 2.75) is 32.2 Å². The maximum Gasteiger partial charge on any atom is 0.323 e. The Kier molecular flexibility index (Phi) is 6.12. The quantitative estimate of drug-likeness (QED) is 0.750. The molecule has 1 aromatic carbocycles. The van der Waals surface area contributed by atoms with Crippen LogP contribution in [0, 0.1) is 0 Å². The Hall–Kier alpha value is -1.44. The molecule has 0 aliphatic rings. The standard InChI is InChI=1S/C13H19NO5S/c1-3-19-9-12-7-5-4-6-11(12)8-14-20(17,18)10(2)13(15)16/h4-7,10,14H,3,8-9H2,1-2H3,(H,15,16). The van der Waals surface area contributed by atoms with Gasteiger partial charge in [-0.25, -0.2) is 13.1 Å². The summed E-state index contributed by atoms with van der Waals surface area (Å²) in [7, 11) is -3.89. The predicted octanol–water partition coefficient (Wildman–Crippen LogP) is 1.12. The molecule has 1 rings (SSSR count). The Morgan fingerprint density at radius 1 is 1.35 bits per heavy atom. The number of hydrogen-bond acceptors (Lipinski definition) is 4. The summed E-state index contributed by atoms with van der Waals surface area (Å²) < 4.78 is 31.1. The molecule has 0 fully saturated rings. The van der Waals surface area contributed by atoms with Gasteiger partial charge in [0.05, 0.1) is 6.61 Å². The van der Waals surface area contributed by atoms with Crippen LogP contribution in [0.15, 0.2) is 24.3 Å². The van der Waals surface area contributed by atoms with Gasteiger partial charge in [0.2, 0.25) is 10.0 Å². The van der Waals surface area contributed by atoms with E-state index in [1.165, 1.54) is 0 Å². The van der Waals surface area contributed by atoms with Gasteiger partial charge in [0, 0.05) is 13.2 Å². The average molecular weight is 301 g/mol. The fraction of sp³-hybridized carbons (Fsp3) is 0.462. The van der Waals surface area contributed by atoms with Crippen LogP contribution in [0.2, 0.25) is 0 Å². The van der Waals surface area contributed by atoms with Gasteiger partial charge in [0.25, 0.3) is 0 Å². The first-order valence-electron chi connectivity index (χ1n) is 6.24. The molecule has 1 unspecified atom stereocenters. The molecular weight excluding hydrogens is 282 g/mol. The molecule has 0 aromatic heterocycles. The Morgan fingerprint density at radius 2 is 1.95 bits per heavy atom. The number of aliphatic carboxylic acids is 1. The Morgan fingerprint density at radius 3 is 2.50 bits per heavy atom. The third-order valence-electron chi connectivity index (χ3n) is 2.86. The lowest BCUT2D eigenvalue weighted by molar-refractivity contribution is -0.136. The molecule has 112 valence electrons. The maximum absolute atomic E-state index is 11.7. The number of sulfonamides is 1. The molecule has 0 amide bonds. The number of nitrogens with one attached hydrogen (secondary N) is 1. The second kappa shape index (κ2) is 7.37. The number of carboxylic acids is 1. The van der Waals surface area contributed by atoms with Gasteiger partial charge in [-0.3, -0.25) is 4.79 Å². The molecule has 0 aliphatic carbocycles. The van der Waals surface area contributed by atoms with E-state index in [1.54, 1.807) is 12.1 Å². The molecule has 0 saturated carbocycles. The molecule has 2 N–H and O–H groups in total. The summed E-state index contributed by atoms with van der Waals surface area (Å²) in [6.07, 6.45) is 0. The lowest BCUT2D eigenvalue weighted by Gasteiger charge is -2.13. The minimum absolute atomic E-state index is 0.0448. The Bertz CT molecular complexity index is 556. The van der Waals surface area contributed by atoms with Crippen LogP contribution >= 0.6 is 0 Å². The van der Waals surface area contributed by atoms with Crippen molar-refractivity contribution in [3.05, 3.63) is 35.4 Å². The fourth-order valence-corrected chi connectivity index (χ4v) is 2.39. The van der Waals surface area contributed by atoms with Gasteiger partial charge in [0.15, 0.2) is 5.25 Å². The van der Waals surface area contributed by atoms with Crippen LogP contribution < -0.4 is 4.72 Å². The van der Waals surface area contributed by atoms with Crippen LogP contribution in [-0.2, 0) is 32.7 Å². The number of carbonyl (C=O) groups is 1. The number of hydrogen-bond donors (Lipinski definition) is 2. The second-order valence-corrected chi connectivity index (χ2v) is 6.34. The minimum Gasteiger partial charge on any atom is -0.480 e. The first-order valence-corrected chi connectivity index (χ1v) is 7.79. The van der Waals surface area contributed by atoms with E-state index in [0.29, 0.717) is 13.2 Å². The van der Waals surface area contributed by atoms with Crippen LogP contribution in [-0.4, -0.2) is 31.4 Å². The highest BCUT2D eigenvalue weighted by Crippen LogP contribution is 2.11. The molecule has 7 heteroatoms. The van der Waals surface area contributed by atoms with Gasteiger partial charge in [-0.05, 0) is 25.0 Å². The van der Waals surface area contributed by atoms with Crippen molar-refractivity contribution < 1.29 is 23.1 Å². The summed E-state index contributed by atoms with van der Waals surface area (Å²) in [6, 6.07) is 7.26. The second-order valence-electron chi connectivity index (χ2n) is 4.25. The van der Waals surface area contributed by atoms with Crippen LogP contribution in [0.5, 0.6) is 0 Å². The molecule has 6 nitrogen and oxygen atoms in total. The lowest BCUT2D eigenvalue weighted by atomic mass is 10.1. The molecule has 0 heterocycles. The molecule has 1 aromatic rings. The highest BCUT2D eigenvalue weighted by atomic mass is 32.2. The maximum atomic E-state index is 11.7. The van der Waals surface area contributed by atoms with Crippen molar-refractivity contribution in [1.82, 2.24) is 4.72 Å². The van der Waals surface area contributed by atoms with Crippen LogP contribution in [0.1, 0.15) is 25.0 Å². The number of benzene rings is 1. The fourth-order valence-electron chi connectivity index (χ4n) is 1.52. The highest BCUT2D eigenvalue weighted by Gasteiger charge is 2.27. The summed E-state index contributed by atoms with van der Waals surface area (Å²) in [6.45, 7) is 4.01. The van der Waals surface area contributed by atoms with Crippen molar-refractivity contribution in [3.8, 4) is 0 Å². The van der Waals surface area contributed by atoms with Gasteiger partial charge in [-0.15, -0.1) is 0 Å². The number of carboxylic acid groups (broad SMARTS) is 1. The lowest BCUT2D eigenvalue weighted by Crippen LogP contribution is -2.37. The summed E-state index contributed by atoms with van der Waals surface area (Å²) in [5.74, 6) is -1.37. The third kappa shape index (κ3) is 4.59. The van der Waals surface area contributed by atoms with E-state index < -0.39 is 21.2 Å². The Labute approximate surface area is 118 Å². The number of ether oxygens (including phenoxy) is 1. The largest absolute Gasteiger partial charge is 0.480 e. The van der Waals surface area contributed by atoms with Crippen molar-refractivity contribution in [3.63, 3.8) is 0 Å². The summed E-state index contributed by atoms with van der Waals surface area (Å²) in [5, 5.41) is 7.26. The average Bonchev–Trinajstić information content (AvgIpc) is 2.42. The van der Waals surface area contributed by atoms with E-state index in [-0.39, 0.29) is 6.54 Å². The van der Waals surface area contributed by atoms with Gasteiger partial charge in [-0.1, -0.05) is 24.3 Å². The van der Waals surface area contributed by atoms with E-state index in [9.17, 15) is 13.2 Å². The molecular formula is C13H19NO5S. The molecule has 0 radical (unpaired) electrons. The molecule has 0 bridgehead atoms. The monoisotopic (exact) mass is 301 g/mol. The van der Waals surface area contributed by atoms with Crippen molar-refractivity contribution in [1.29, 1.82) is 0 Å². The highest BCUT2D eigenvalue weighted by molar-refractivity contribution is 7.90. The first kappa shape index (κ1) is 16.6. The van der Waals surface area contributed by atoms with E-state index >= 15 is 0 Å². The van der Waals surface area contributed by atoms with Crippen LogP contribution in [0.25, 0.3) is 0 Å². The van der Waals surface area contributed by atoms with Crippen molar-refractivity contribution in [2.24, 2.45) is 0 Å². The van der Waals surface area contributed by atoms with Gasteiger partial charge < -0.3 is 9.84 Å². The number of rotatable bonds is 8. The van der Waals surface area contributed by atoms with Gasteiger partial charge in [-0.2, -0.15) is 0 Å². The van der Waals surface area contributed by atoms with Gasteiger partial charge in [0.1, 0.15) is 0 Å². The molecule has 1 atom stereocenters.